The number of hydrogen-bond donors (Lipinski definition) is 2. The largest absolute Gasteiger partial charge is 0.398 e. The zero-order chi connectivity index (χ0) is 14.8. The summed E-state index contributed by atoms with van der Waals surface area (Å²) in [6.45, 7) is 4.10. The van der Waals surface area contributed by atoms with Gasteiger partial charge in [0, 0.05) is 17.8 Å². The smallest absolute Gasteiger partial charge is 0.228 e. The molecule has 3 N–H and O–H groups in total. The van der Waals surface area contributed by atoms with Crippen LogP contribution >= 0.6 is 0 Å². The highest BCUT2D eigenvalue weighted by Crippen LogP contribution is 2.21. The molecule has 0 radical (unpaired) electrons. The molecule has 2 rings (SSSR count). The van der Waals surface area contributed by atoms with Crippen LogP contribution in [0.15, 0.2) is 24.3 Å². The number of hydrogen-bond acceptors (Lipinski definition) is 4. The molecule has 1 aromatic rings. The molecule has 5 nitrogen and oxygen atoms in total. The molecule has 1 saturated heterocycles. The Bertz CT molecular complexity index is 549. The van der Waals surface area contributed by atoms with E-state index in [1.807, 2.05) is 5.01 Å². The van der Waals surface area contributed by atoms with Crippen molar-refractivity contribution in [2.45, 2.75) is 50.9 Å². The first-order valence-electron chi connectivity index (χ1n) is 7.01. The minimum Gasteiger partial charge on any atom is -0.398 e. The molecule has 1 fully saturated rings. The van der Waals surface area contributed by atoms with Crippen molar-refractivity contribution in [3.8, 4) is 0 Å². The fourth-order valence-electron chi connectivity index (χ4n) is 2.66. The van der Waals surface area contributed by atoms with Crippen LogP contribution < -0.4 is 10.6 Å². The summed E-state index contributed by atoms with van der Waals surface area (Å²) in [6.07, 6.45) is 3.17. The topological polar surface area (TPSA) is 75.4 Å². The van der Waals surface area contributed by atoms with Crippen LogP contribution in [0.25, 0.3) is 0 Å². The van der Waals surface area contributed by atoms with E-state index in [2.05, 4.69) is 18.7 Å². The summed E-state index contributed by atoms with van der Waals surface area (Å²) >= 11 is 0. The third kappa shape index (κ3) is 3.71. The van der Waals surface area contributed by atoms with Gasteiger partial charge in [-0.3, -0.25) is 0 Å². The molecule has 1 aliphatic rings. The number of rotatable bonds is 4. The molecule has 6 heteroatoms. The van der Waals surface area contributed by atoms with Crippen LogP contribution in [0.2, 0.25) is 0 Å². The number of sulfonamides is 1. The molecule has 112 valence electrons. The fraction of sp³-hybridized carbons (Fsp3) is 0.571. The number of benzene rings is 1. The van der Waals surface area contributed by atoms with Crippen LogP contribution in [0.4, 0.5) is 5.69 Å². The average molecular weight is 297 g/mol. The van der Waals surface area contributed by atoms with E-state index in [0.29, 0.717) is 11.3 Å². The Balaban J connectivity index is 2.09. The maximum atomic E-state index is 12.3. The summed E-state index contributed by atoms with van der Waals surface area (Å²) in [5, 5.41) is 1.86. The van der Waals surface area contributed by atoms with E-state index in [9.17, 15) is 8.42 Å². The highest BCUT2D eigenvalue weighted by molar-refractivity contribution is 7.88. The standard InChI is InChI=1S/C14H23N3O2S/c1-11-6-5-7-12(2)17(11)16-20(18,19)10-13-8-3-4-9-14(13)15/h3-4,8-9,11-12,16H,5-7,10,15H2,1-2H3. The Morgan fingerprint density at radius 2 is 1.85 bits per heavy atom. The first-order valence-corrected chi connectivity index (χ1v) is 8.66. The summed E-state index contributed by atoms with van der Waals surface area (Å²) in [4.78, 5) is 2.72. The Morgan fingerprint density at radius 1 is 1.25 bits per heavy atom. The number of nitrogen functional groups attached to an aromatic ring is 1. The van der Waals surface area contributed by atoms with Crippen LogP contribution in [0.3, 0.4) is 0 Å². The number of hydrazine groups is 1. The van der Waals surface area contributed by atoms with Gasteiger partial charge < -0.3 is 5.73 Å². The lowest BCUT2D eigenvalue weighted by molar-refractivity contribution is 0.0790. The number of anilines is 1. The van der Waals surface area contributed by atoms with Gasteiger partial charge in [0.2, 0.25) is 10.0 Å². The predicted molar refractivity (Wildman–Crippen MR) is 81.2 cm³/mol. The second-order valence-corrected chi connectivity index (χ2v) is 7.29. The third-order valence-electron chi connectivity index (χ3n) is 3.84. The van der Waals surface area contributed by atoms with Crippen LogP contribution in [0.1, 0.15) is 38.7 Å². The van der Waals surface area contributed by atoms with Crippen LogP contribution in [-0.2, 0) is 15.8 Å². The highest BCUT2D eigenvalue weighted by Gasteiger charge is 2.28. The molecule has 0 saturated carbocycles. The molecule has 0 bridgehead atoms. The number of nitrogens with zero attached hydrogens (tertiary/aromatic N) is 1. The van der Waals surface area contributed by atoms with Crippen molar-refractivity contribution in [1.29, 1.82) is 0 Å². The van der Waals surface area contributed by atoms with E-state index < -0.39 is 10.0 Å². The predicted octanol–water partition coefficient (Wildman–Crippen LogP) is 1.87. The monoisotopic (exact) mass is 297 g/mol. The second-order valence-electron chi connectivity index (χ2n) is 5.59. The molecular weight excluding hydrogens is 274 g/mol. The van der Waals surface area contributed by atoms with Crippen LogP contribution in [0.5, 0.6) is 0 Å². The SMILES string of the molecule is CC1CCCC(C)N1NS(=O)(=O)Cc1ccccc1N. The van der Waals surface area contributed by atoms with Gasteiger partial charge in [-0.1, -0.05) is 24.6 Å². The summed E-state index contributed by atoms with van der Waals surface area (Å²) in [5.41, 5.74) is 6.96. The zero-order valence-electron chi connectivity index (χ0n) is 12.0. The van der Waals surface area contributed by atoms with Gasteiger partial charge in [0.05, 0.1) is 5.75 Å². The molecule has 1 heterocycles. The Hall–Kier alpha value is -1.11. The lowest BCUT2D eigenvalue weighted by Gasteiger charge is -2.38. The maximum absolute atomic E-state index is 12.3. The first-order chi connectivity index (χ1) is 9.39. The highest BCUT2D eigenvalue weighted by atomic mass is 32.2. The van der Waals surface area contributed by atoms with Crippen LogP contribution in [-0.4, -0.2) is 25.5 Å². The molecule has 0 aliphatic carbocycles. The minimum atomic E-state index is -3.43. The molecule has 2 atom stereocenters. The molecule has 1 aliphatic heterocycles. The van der Waals surface area contributed by atoms with E-state index >= 15 is 0 Å². The quantitative estimate of drug-likeness (QED) is 0.832. The maximum Gasteiger partial charge on any atom is 0.228 e. The molecule has 0 spiro atoms. The average Bonchev–Trinajstić information content (AvgIpc) is 2.37. The van der Waals surface area contributed by atoms with Crippen molar-refractivity contribution in [1.82, 2.24) is 9.84 Å². The second kappa shape index (κ2) is 6.11. The summed E-state index contributed by atoms with van der Waals surface area (Å²) in [5.74, 6) is -0.0877. The lowest BCUT2D eigenvalue weighted by Crippen LogP contribution is -2.54. The van der Waals surface area contributed by atoms with Gasteiger partial charge in [-0.2, -0.15) is 0 Å². The van der Waals surface area contributed by atoms with Crippen molar-refractivity contribution in [2.75, 3.05) is 5.73 Å². The zero-order valence-corrected chi connectivity index (χ0v) is 12.9. The minimum absolute atomic E-state index is 0.0877. The van der Waals surface area contributed by atoms with Crippen molar-refractivity contribution in [3.05, 3.63) is 29.8 Å². The normalized spacial score (nSPS) is 24.7. The molecule has 2 unspecified atom stereocenters. The van der Waals surface area contributed by atoms with E-state index in [4.69, 9.17) is 5.73 Å². The first kappa shape index (κ1) is 15.3. The Morgan fingerprint density at radius 3 is 2.45 bits per heavy atom. The number of nitrogens with one attached hydrogen (secondary N) is 1. The molecule has 0 amide bonds. The van der Waals surface area contributed by atoms with Gasteiger partial charge in [0.15, 0.2) is 0 Å². The fourth-order valence-corrected chi connectivity index (χ4v) is 4.08. The summed E-state index contributed by atoms with van der Waals surface area (Å²) in [6, 6.07) is 7.51. The van der Waals surface area contributed by atoms with Gasteiger partial charge in [0.25, 0.3) is 0 Å². The Labute approximate surface area is 121 Å². The van der Waals surface area contributed by atoms with Crippen LogP contribution in [0, 0.1) is 0 Å². The van der Waals surface area contributed by atoms with Crippen molar-refractivity contribution >= 4 is 15.7 Å². The summed E-state index contributed by atoms with van der Waals surface area (Å²) < 4.78 is 24.6. The van der Waals surface area contributed by atoms with Crippen molar-refractivity contribution in [2.24, 2.45) is 0 Å². The van der Waals surface area contributed by atoms with Gasteiger partial charge in [-0.15, -0.1) is 4.83 Å². The number of piperidine rings is 1. The molecule has 1 aromatic carbocycles. The third-order valence-corrected chi connectivity index (χ3v) is 5.02. The molecular formula is C14H23N3O2S. The van der Waals surface area contributed by atoms with Gasteiger partial charge in [-0.05, 0) is 38.3 Å². The molecule has 20 heavy (non-hydrogen) atoms. The van der Waals surface area contributed by atoms with Gasteiger partial charge in [0.1, 0.15) is 0 Å². The number of para-hydroxylation sites is 1. The van der Waals surface area contributed by atoms with Crippen molar-refractivity contribution < 1.29 is 8.42 Å². The Kier molecular flexibility index (Phi) is 4.67. The van der Waals surface area contributed by atoms with Gasteiger partial charge >= 0.3 is 0 Å². The summed E-state index contributed by atoms with van der Waals surface area (Å²) in [7, 11) is -3.43. The van der Waals surface area contributed by atoms with Gasteiger partial charge in [-0.25, -0.2) is 13.4 Å². The van der Waals surface area contributed by atoms with E-state index in [-0.39, 0.29) is 17.8 Å². The van der Waals surface area contributed by atoms with Crippen molar-refractivity contribution in [3.63, 3.8) is 0 Å². The molecule has 0 aromatic heterocycles. The number of nitrogens with two attached hydrogens (primary N) is 1. The van der Waals surface area contributed by atoms with E-state index in [0.717, 1.165) is 19.3 Å². The van der Waals surface area contributed by atoms with E-state index in [1.54, 1.807) is 24.3 Å². The van der Waals surface area contributed by atoms with E-state index in [1.165, 1.54) is 0 Å². The lowest BCUT2D eigenvalue weighted by atomic mass is 10.0.